The normalized spacial score (nSPS) is 16.7. The summed E-state index contributed by atoms with van der Waals surface area (Å²) in [7, 11) is 0. The molecule has 1 amide bonds. The highest BCUT2D eigenvalue weighted by Gasteiger charge is 2.38. The number of halogens is 3. The first-order valence-electron chi connectivity index (χ1n) is 3.52. The van der Waals surface area contributed by atoms with E-state index in [0.717, 1.165) is 0 Å². The Morgan fingerprint density at radius 2 is 2.08 bits per heavy atom. The minimum atomic E-state index is -4.68. The van der Waals surface area contributed by atoms with Gasteiger partial charge in [0.2, 0.25) is 5.91 Å². The molecule has 0 aliphatic rings. The highest BCUT2D eigenvalue weighted by Crippen LogP contribution is 2.19. The monoisotopic (exact) mass is 200 g/mol. The first kappa shape index (κ1) is 12.2. The predicted octanol–water partition coefficient (Wildman–Crippen LogP) is -0.627. The van der Waals surface area contributed by atoms with Gasteiger partial charge in [-0.05, 0) is 6.92 Å². The van der Waals surface area contributed by atoms with Gasteiger partial charge >= 0.3 is 6.18 Å². The van der Waals surface area contributed by atoms with Crippen molar-refractivity contribution in [1.29, 1.82) is 0 Å². The molecule has 0 heterocycles. The molecule has 78 valence electrons. The van der Waals surface area contributed by atoms with Crippen molar-refractivity contribution in [2.75, 3.05) is 6.54 Å². The molecule has 0 rings (SSSR count). The minimum Gasteiger partial charge on any atom is -0.382 e. The standard InChI is InChI=1S/C6H11F3N2O2/c1-3(5(10)13)11-2-4(12)6(7,8)9/h3-4,11-12H,2H2,1H3,(H2,10,13). The van der Waals surface area contributed by atoms with Crippen molar-refractivity contribution in [1.82, 2.24) is 5.32 Å². The zero-order valence-corrected chi connectivity index (χ0v) is 6.93. The van der Waals surface area contributed by atoms with Gasteiger partial charge in [-0.3, -0.25) is 4.79 Å². The Bertz CT molecular complexity index is 183. The van der Waals surface area contributed by atoms with E-state index in [9.17, 15) is 18.0 Å². The highest BCUT2D eigenvalue weighted by molar-refractivity contribution is 5.79. The van der Waals surface area contributed by atoms with Gasteiger partial charge in [0.15, 0.2) is 6.10 Å². The van der Waals surface area contributed by atoms with Crippen LogP contribution in [0, 0.1) is 0 Å². The molecule has 0 fully saturated rings. The zero-order valence-electron chi connectivity index (χ0n) is 6.93. The number of hydrogen-bond acceptors (Lipinski definition) is 3. The fourth-order valence-corrected chi connectivity index (χ4v) is 0.505. The molecule has 4 N–H and O–H groups in total. The second kappa shape index (κ2) is 4.43. The number of carbonyl (C=O) groups is 1. The number of primary amides is 1. The van der Waals surface area contributed by atoms with Crippen LogP contribution < -0.4 is 11.1 Å². The van der Waals surface area contributed by atoms with Crippen LogP contribution in [0.1, 0.15) is 6.92 Å². The lowest BCUT2D eigenvalue weighted by Gasteiger charge is -2.17. The first-order chi connectivity index (χ1) is 5.75. The molecule has 0 aliphatic carbocycles. The molecule has 0 aromatic carbocycles. The Morgan fingerprint density at radius 1 is 1.62 bits per heavy atom. The van der Waals surface area contributed by atoms with Gasteiger partial charge < -0.3 is 16.2 Å². The van der Waals surface area contributed by atoms with E-state index < -0.39 is 30.8 Å². The molecular formula is C6H11F3N2O2. The number of alkyl halides is 3. The van der Waals surface area contributed by atoms with E-state index in [2.05, 4.69) is 5.32 Å². The molecule has 0 saturated carbocycles. The number of amides is 1. The Balaban J connectivity index is 3.83. The Labute approximate surface area is 72.9 Å². The largest absolute Gasteiger partial charge is 0.415 e. The molecule has 0 aromatic rings. The van der Waals surface area contributed by atoms with Crippen molar-refractivity contribution in [2.45, 2.75) is 25.2 Å². The van der Waals surface area contributed by atoms with E-state index in [1.54, 1.807) is 0 Å². The molecule has 2 atom stereocenters. The van der Waals surface area contributed by atoms with Crippen molar-refractivity contribution in [3.05, 3.63) is 0 Å². The van der Waals surface area contributed by atoms with E-state index in [1.165, 1.54) is 6.92 Å². The van der Waals surface area contributed by atoms with E-state index in [0.29, 0.717) is 0 Å². The average Bonchev–Trinajstić information content (AvgIpc) is 1.97. The number of nitrogens with two attached hydrogens (primary N) is 1. The average molecular weight is 200 g/mol. The maximum Gasteiger partial charge on any atom is 0.415 e. The van der Waals surface area contributed by atoms with Crippen LogP contribution in [-0.2, 0) is 4.79 Å². The number of carbonyl (C=O) groups excluding carboxylic acids is 1. The van der Waals surface area contributed by atoms with Gasteiger partial charge in [-0.15, -0.1) is 0 Å². The number of aliphatic hydroxyl groups excluding tert-OH is 1. The van der Waals surface area contributed by atoms with Gasteiger partial charge in [0.25, 0.3) is 0 Å². The van der Waals surface area contributed by atoms with Crippen molar-refractivity contribution < 1.29 is 23.1 Å². The Morgan fingerprint density at radius 3 is 2.38 bits per heavy atom. The summed E-state index contributed by atoms with van der Waals surface area (Å²) in [5.41, 5.74) is 4.77. The van der Waals surface area contributed by atoms with Crippen molar-refractivity contribution >= 4 is 5.91 Å². The van der Waals surface area contributed by atoms with E-state index in [4.69, 9.17) is 10.8 Å². The second-order valence-corrected chi connectivity index (χ2v) is 2.59. The lowest BCUT2D eigenvalue weighted by atomic mass is 10.3. The van der Waals surface area contributed by atoms with E-state index in [1.807, 2.05) is 0 Å². The molecule has 4 nitrogen and oxygen atoms in total. The van der Waals surface area contributed by atoms with Gasteiger partial charge in [0.1, 0.15) is 0 Å². The van der Waals surface area contributed by atoms with Crippen LogP contribution in [0.15, 0.2) is 0 Å². The van der Waals surface area contributed by atoms with Crippen LogP contribution in [0.3, 0.4) is 0 Å². The summed E-state index contributed by atoms with van der Waals surface area (Å²) in [6, 6.07) is -0.892. The van der Waals surface area contributed by atoms with E-state index in [-0.39, 0.29) is 0 Å². The third-order valence-corrected chi connectivity index (χ3v) is 1.42. The Kier molecular flexibility index (Phi) is 4.15. The molecule has 0 saturated heterocycles. The molecule has 0 radical (unpaired) electrons. The van der Waals surface area contributed by atoms with Crippen molar-refractivity contribution in [3.63, 3.8) is 0 Å². The number of hydrogen-bond donors (Lipinski definition) is 3. The lowest BCUT2D eigenvalue weighted by molar-refractivity contribution is -0.202. The summed E-state index contributed by atoms with van der Waals surface area (Å²) < 4.78 is 35.1. The van der Waals surface area contributed by atoms with Gasteiger partial charge in [0.05, 0.1) is 6.04 Å². The summed E-state index contributed by atoms with van der Waals surface area (Å²) in [6.07, 6.45) is -7.15. The molecular weight excluding hydrogens is 189 g/mol. The van der Waals surface area contributed by atoms with Crippen LogP contribution >= 0.6 is 0 Å². The smallest absolute Gasteiger partial charge is 0.382 e. The molecule has 7 heteroatoms. The molecule has 13 heavy (non-hydrogen) atoms. The summed E-state index contributed by atoms with van der Waals surface area (Å²) in [6.45, 7) is 0.568. The Hall–Kier alpha value is -0.820. The van der Waals surface area contributed by atoms with Gasteiger partial charge in [-0.1, -0.05) is 0 Å². The number of rotatable bonds is 4. The van der Waals surface area contributed by atoms with Gasteiger partial charge in [-0.2, -0.15) is 13.2 Å². The van der Waals surface area contributed by atoms with Crippen molar-refractivity contribution in [2.24, 2.45) is 5.73 Å². The molecule has 0 spiro atoms. The lowest BCUT2D eigenvalue weighted by Crippen LogP contribution is -2.46. The molecule has 0 aromatic heterocycles. The van der Waals surface area contributed by atoms with Crippen LogP contribution in [0.2, 0.25) is 0 Å². The highest BCUT2D eigenvalue weighted by atomic mass is 19.4. The van der Waals surface area contributed by atoms with Crippen LogP contribution in [0.5, 0.6) is 0 Å². The number of aliphatic hydroxyl groups is 1. The topological polar surface area (TPSA) is 75.3 Å². The predicted molar refractivity (Wildman–Crippen MR) is 38.7 cm³/mol. The second-order valence-electron chi connectivity index (χ2n) is 2.59. The quantitative estimate of drug-likeness (QED) is 0.565. The van der Waals surface area contributed by atoms with Crippen molar-refractivity contribution in [3.8, 4) is 0 Å². The van der Waals surface area contributed by atoms with Gasteiger partial charge in [-0.25, -0.2) is 0 Å². The van der Waals surface area contributed by atoms with Crippen LogP contribution in [-0.4, -0.2) is 35.9 Å². The van der Waals surface area contributed by atoms with Gasteiger partial charge in [0, 0.05) is 6.54 Å². The van der Waals surface area contributed by atoms with Crippen LogP contribution in [0.4, 0.5) is 13.2 Å². The summed E-state index contributed by atoms with van der Waals surface area (Å²) >= 11 is 0. The van der Waals surface area contributed by atoms with E-state index >= 15 is 0 Å². The minimum absolute atomic E-state index is 0.742. The molecule has 0 aliphatic heterocycles. The maximum absolute atomic E-state index is 11.7. The fraction of sp³-hybridized carbons (Fsp3) is 0.833. The summed E-state index contributed by atoms with van der Waals surface area (Å²) in [5, 5.41) is 10.6. The summed E-state index contributed by atoms with van der Waals surface area (Å²) in [5.74, 6) is -0.769. The SMILES string of the molecule is CC(NCC(O)C(F)(F)F)C(N)=O. The third kappa shape index (κ3) is 4.69. The number of nitrogens with one attached hydrogen (secondary N) is 1. The molecule has 0 bridgehead atoms. The molecule has 2 unspecified atom stereocenters. The first-order valence-corrected chi connectivity index (χ1v) is 3.52. The fourth-order valence-electron chi connectivity index (χ4n) is 0.505. The third-order valence-electron chi connectivity index (χ3n) is 1.42. The zero-order chi connectivity index (χ0) is 10.6. The van der Waals surface area contributed by atoms with Crippen LogP contribution in [0.25, 0.3) is 0 Å². The maximum atomic E-state index is 11.7. The summed E-state index contributed by atoms with van der Waals surface area (Å²) in [4.78, 5) is 10.4.